The number of thiocarbonyl (C=S) groups is 1. The molecule has 1 aliphatic carbocycles. The molecule has 0 N–H and O–H groups in total. The van der Waals surface area contributed by atoms with Gasteiger partial charge in [-0.25, -0.2) is 8.78 Å². The molecule has 184 valence electrons. The second-order valence-corrected chi connectivity index (χ2v) is 9.40. The van der Waals surface area contributed by atoms with Gasteiger partial charge in [0.15, 0.2) is 11.6 Å². The average Bonchev–Trinajstić information content (AvgIpc) is 3.29. The first-order valence-corrected chi connectivity index (χ1v) is 12.9. The molecule has 0 fully saturated rings. The van der Waals surface area contributed by atoms with Gasteiger partial charge in [0.2, 0.25) is 0 Å². The Bertz CT molecular complexity index is 1340. The molecule has 4 rings (SSSR count). The first-order valence-electron chi connectivity index (χ1n) is 12.5. The maximum Gasteiger partial charge on any atom is 0.153 e. The third-order valence-electron chi connectivity index (χ3n) is 6.63. The molecule has 0 saturated carbocycles. The predicted octanol–water partition coefficient (Wildman–Crippen LogP) is 8.15. The number of benzene rings is 3. The molecule has 0 amide bonds. The summed E-state index contributed by atoms with van der Waals surface area (Å²) in [5.74, 6) is 5.93. The van der Waals surface area contributed by atoms with Gasteiger partial charge in [0.25, 0.3) is 0 Å². The number of hydrogen-bond donors (Lipinski definition) is 0. The molecule has 2 nitrogen and oxygen atoms in total. The Hall–Kier alpha value is -3.32. The number of aliphatic imine (C=N–C) groups is 1. The van der Waals surface area contributed by atoms with Crippen LogP contribution in [0.1, 0.15) is 66.5 Å². The summed E-state index contributed by atoms with van der Waals surface area (Å²) in [6.07, 6.45) is 6.96. The molecule has 1 atom stereocenters. The van der Waals surface area contributed by atoms with Crippen molar-refractivity contribution in [3.05, 3.63) is 93.5 Å². The van der Waals surface area contributed by atoms with Crippen LogP contribution in [0.5, 0.6) is 5.75 Å². The van der Waals surface area contributed by atoms with E-state index in [1.54, 1.807) is 0 Å². The molecule has 0 saturated heterocycles. The van der Waals surface area contributed by atoms with Crippen LogP contribution >= 0.6 is 12.2 Å². The van der Waals surface area contributed by atoms with Crippen LogP contribution in [0.4, 0.5) is 14.5 Å². The normalized spacial score (nSPS) is 13.9. The van der Waals surface area contributed by atoms with E-state index in [2.05, 4.69) is 67.2 Å². The first kappa shape index (κ1) is 25.8. The number of rotatable bonds is 8. The lowest BCUT2D eigenvalue weighted by atomic mass is 9.99. The van der Waals surface area contributed by atoms with Crippen molar-refractivity contribution in [3.8, 4) is 17.6 Å². The maximum absolute atomic E-state index is 14.1. The van der Waals surface area contributed by atoms with E-state index < -0.39 is 17.3 Å². The summed E-state index contributed by atoms with van der Waals surface area (Å²) in [4.78, 5) is 3.43. The van der Waals surface area contributed by atoms with E-state index in [0.29, 0.717) is 6.61 Å². The summed E-state index contributed by atoms with van der Waals surface area (Å²) in [5.41, 5.74) is 5.59. The molecule has 1 unspecified atom stereocenters. The first-order chi connectivity index (χ1) is 17.5. The molecule has 36 heavy (non-hydrogen) atoms. The minimum absolute atomic E-state index is 0.233. The summed E-state index contributed by atoms with van der Waals surface area (Å²) < 4.78 is 34.3. The van der Waals surface area contributed by atoms with Crippen molar-refractivity contribution in [2.75, 3.05) is 0 Å². The number of nitrogens with zero attached hydrogens (tertiary/aromatic N) is 1. The SMILES string of the molecule is CCCCC1Cc2ccc(OCc3ccc(C#Cc4cc(F)c(N=C=S)c(F)c4)c(CC)c3)cc2C1. The van der Waals surface area contributed by atoms with E-state index in [9.17, 15) is 8.78 Å². The highest BCUT2D eigenvalue weighted by Gasteiger charge is 2.21. The number of isothiocyanates is 1. The zero-order valence-electron chi connectivity index (χ0n) is 20.7. The Morgan fingerprint density at radius 3 is 2.47 bits per heavy atom. The van der Waals surface area contributed by atoms with E-state index in [4.69, 9.17) is 4.74 Å². The summed E-state index contributed by atoms with van der Waals surface area (Å²) in [6, 6.07) is 14.8. The lowest BCUT2D eigenvalue weighted by Gasteiger charge is -2.10. The quantitative estimate of drug-likeness (QED) is 0.176. The number of ether oxygens (including phenoxy) is 1. The van der Waals surface area contributed by atoms with Gasteiger partial charge >= 0.3 is 0 Å². The molecule has 0 aromatic heterocycles. The second-order valence-electron chi connectivity index (χ2n) is 9.22. The van der Waals surface area contributed by atoms with Crippen LogP contribution in [0.15, 0.2) is 53.5 Å². The Morgan fingerprint density at radius 1 is 0.972 bits per heavy atom. The topological polar surface area (TPSA) is 21.6 Å². The molecule has 3 aromatic carbocycles. The second kappa shape index (κ2) is 12.1. The fourth-order valence-corrected chi connectivity index (χ4v) is 4.81. The van der Waals surface area contributed by atoms with E-state index >= 15 is 0 Å². The van der Waals surface area contributed by atoms with Gasteiger partial charge in [-0.2, -0.15) is 4.99 Å². The van der Waals surface area contributed by atoms with Gasteiger partial charge in [-0.05, 0) is 96.4 Å². The zero-order valence-corrected chi connectivity index (χ0v) is 21.5. The minimum Gasteiger partial charge on any atom is -0.489 e. The minimum atomic E-state index is -0.817. The Labute approximate surface area is 217 Å². The standard InChI is InChI=1S/C31H29F2NOS/c1-3-5-6-21-13-26-11-12-28(18-27(26)14-21)35-19-23-8-10-25(24(4-2)15-23)9-7-22-16-29(32)31(34-20-36)30(33)17-22/h8,10-12,15-18,21H,3-6,13-14,19H2,1-2H3. The van der Waals surface area contributed by atoms with Crippen LogP contribution < -0.4 is 4.74 Å². The number of halogens is 2. The monoisotopic (exact) mass is 501 g/mol. The summed E-state index contributed by atoms with van der Waals surface area (Å²) >= 11 is 4.43. The van der Waals surface area contributed by atoms with Gasteiger partial charge in [-0.1, -0.05) is 56.7 Å². The van der Waals surface area contributed by atoms with Crippen LogP contribution in [-0.2, 0) is 25.9 Å². The van der Waals surface area contributed by atoms with E-state index in [1.165, 1.54) is 36.8 Å². The molecule has 3 aromatic rings. The van der Waals surface area contributed by atoms with Crippen molar-refractivity contribution >= 4 is 23.1 Å². The number of unbranched alkanes of at least 4 members (excludes halogenated alkanes) is 1. The third-order valence-corrected chi connectivity index (χ3v) is 6.72. The zero-order chi connectivity index (χ0) is 25.5. The molecule has 0 spiro atoms. The summed E-state index contributed by atoms with van der Waals surface area (Å²) in [6.45, 7) is 4.77. The van der Waals surface area contributed by atoms with Gasteiger partial charge in [-0.3, -0.25) is 0 Å². The molecule has 5 heteroatoms. The van der Waals surface area contributed by atoms with Crippen LogP contribution in [0.3, 0.4) is 0 Å². The van der Waals surface area contributed by atoms with Crippen LogP contribution in [0.25, 0.3) is 0 Å². The van der Waals surface area contributed by atoms with Crippen molar-refractivity contribution in [2.24, 2.45) is 10.9 Å². The molecular formula is C31H29F2NOS. The van der Waals surface area contributed by atoms with Gasteiger partial charge in [-0.15, -0.1) is 0 Å². The Morgan fingerprint density at radius 2 is 1.75 bits per heavy atom. The number of fused-ring (bicyclic) bond motifs is 1. The average molecular weight is 502 g/mol. The molecular weight excluding hydrogens is 472 g/mol. The number of aryl methyl sites for hydroxylation is 1. The lowest BCUT2D eigenvalue weighted by molar-refractivity contribution is 0.306. The summed E-state index contributed by atoms with van der Waals surface area (Å²) in [7, 11) is 0. The highest BCUT2D eigenvalue weighted by Crippen LogP contribution is 2.32. The van der Waals surface area contributed by atoms with Crippen molar-refractivity contribution in [1.29, 1.82) is 0 Å². The van der Waals surface area contributed by atoms with Gasteiger partial charge < -0.3 is 4.74 Å². The van der Waals surface area contributed by atoms with Crippen molar-refractivity contribution in [2.45, 2.75) is 59.0 Å². The molecule has 1 aliphatic rings. The molecule has 0 heterocycles. The van der Waals surface area contributed by atoms with Crippen LogP contribution in [0.2, 0.25) is 0 Å². The summed E-state index contributed by atoms with van der Waals surface area (Å²) in [5, 5.41) is 1.99. The Kier molecular flexibility index (Phi) is 8.65. The largest absolute Gasteiger partial charge is 0.489 e. The molecule has 0 radical (unpaired) electrons. The highest BCUT2D eigenvalue weighted by atomic mass is 32.1. The lowest BCUT2D eigenvalue weighted by Crippen LogP contribution is -1.99. The third kappa shape index (κ3) is 6.26. The van der Waals surface area contributed by atoms with Crippen LogP contribution in [0, 0.1) is 29.4 Å². The number of hydrogen-bond acceptors (Lipinski definition) is 3. The van der Waals surface area contributed by atoms with E-state index in [0.717, 1.165) is 53.3 Å². The van der Waals surface area contributed by atoms with Crippen molar-refractivity contribution in [3.63, 3.8) is 0 Å². The van der Waals surface area contributed by atoms with Gasteiger partial charge in [0.1, 0.15) is 18.0 Å². The van der Waals surface area contributed by atoms with E-state index in [-0.39, 0.29) is 5.56 Å². The maximum atomic E-state index is 14.1. The van der Waals surface area contributed by atoms with Gasteiger partial charge in [0.05, 0.1) is 5.16 Å². The molecule has 0 aliphatic heterocycles. The van der Waals surface area contributed by atoms with Crippen molar-refractivity contribution < 1.29 is 13.5 Å². The fourth-order valence-electron chi connectivity index (χ4n) is 4.72. The van der Waals surface area contributed by atoms with E-state index in [1.807, 2.05) is 17.3 Å². The van der Waals surface area contributed by atoms with Crippen molar-refractivity contribution in [1.82, 2.24) is 0 Å². The fraction of sp³-hybridized carbons (Fsp3) is 0.323. The Balaban J connectivity index is 1.44. The highest BCUT2D eigenvalue weighted by molar-refractivity contribution is 7.78. The predicted molar refractivity (Wildman–Crippen MR) is 144 cm³/mol. The molecule has 0 bridgehead atoms. The van der Waals surface area contributed by atoms with Gasteiger partial charge in [0, 0.05) is 11.1 Å². The van der Waals surface area contributed by atoms with Crippen LogP contribution in [-0.4, -0.2) is 5.16 Å². The smallest absolute Gasteiger partial charge is 0.153 e.